The largest absolute Gasteiger partial charge is 0.388 e. The number of aliphatic hydroxyl groups is 1. The lowest BCUT2D eigenvalue weighted by molar-refractivity contribution is 0.102. The van der Waals surface area contributed by atoms with Gasteiger partial charge in [0.15, 0.2) is 5.78 Å². The molecule has 0 aliphatic heterocycles. The Balaban J connectivity index is 0.000000403. The lowest BCUT2D eigenvalue weighted by Gasteiger charge is -2.05. The molecule has 0 fully saturated rings. The molecule has 2 nitrogen and oxygen atoms in total. The normalized spacial score (nSPS) is 10.8. The van der Waals surface area contributed by atoms with E-state index in [0.29, 0.717) is 10.9 Å². The number of carbonyl (C=O) groups is 1. The van der Waals surface area contributed by atoms with Crippen LogP contribution in [0.1, 0.15) is 29.5 Å². The zero-order chi connectivity index (χ0) is 16.5. The molecule has 1 atom stereocenters. The number of alkyl halides is 2. The van der Waals surface area contributed by atoms with Gasteiger partial charge >= 0.3 is 0 Å². The number of Topliss-reactive ketones (excluding diaryl/α,β-unsaturated/α-hetero) is 1. The van der Waals surface area contributed by atoms with Gasteiger partial charge < -0.3 is 5.11 Å². The molecular formula is C17H18Br2F2O2. The van der Waals surface area contributed by atoms with Crippen molar-refractivity contribution < 1.29 is 18.7 Å². The minimum absolute atomic E-state index is 0. The first-order valence-corrected chi connectivity index (χ1v) is 8.56. The van der Waals surface area contributed by atoms with Gasteiger partial charge in [0.2, 0.25) is 0 Å². The fraction of sp³-hybridized carbons (Fsp3) is 0.235. The van der Waals surface area contributed by atoms with Crippen LogP contribution < -0.4 is 0 Å². The van der Waals surface area contributed by atoms with Gasteiger partial charge in [0, 0.05) is 10.9 Å². The second-order valence-corrected chi connectivity index (χ2v) is 5.49. The van der Waals surface area contributed by atoms with Crippen molar-refractivity contribution in [2.75, 3.05) is 10.7 Å². The number of benzene rings is 2. The maximum absolute atomic E-state index is 12.4. The van der Waals surface area contributed by atoms with Gasteiger partial charge in [-0.25, -0.2) is 8.78 Å². The van der Waals surface area contributed by atoms with Gasteiger partial charge in [-0.1, -0.05) is 51.4 Å². The zero-order valence-electron chi connectivity index (χ0n) is 11.5. The molecule has 0 unspecified atom stereocenters. The molecule has 0 amide bonds. The zero-order valence-corrected chi connectivity index (χ0v) is 14.6. The van der Waals surface area contributed by atoms with E-state index >= 15 is 0 Å². The van der Waals surface area contributed by atoms with Crippen molar-refractivity contribution in [2.45, 2.75) is 13.5 Å². The highest BCUT2D eigenvalue weighted by molar-refractivity contribution is 9.09. The van der Waals surface area contributed by atoms with Crippen LogP contribution in [0.2, 0.25) is 0 Å². The van der Waals surface area contributed by atoms with Crippen LogP contribution in [-0.2, 0) is 0 Å². The summed E-state index contributed by atoms with van der Waals surface area (Å²) in [4.78, 5) is 11.0. The SMILES string of the molecule is C.O=C(CBr)c1ccc(F)cc1.O[C@@H](CBr)c1ccc(F)cc1. The second kappa shape index (κ2) is 11.4. The molecule has 0 saturated heterocycles. The highest BCUT2D eigenvalue weighted by Crippen LogP contribution is 2.14. The second-order valence-electron chi connectivity index (χ2n) is 4.29. The summed E-state index contributed by atoms with van der Waals surface area (Å²) < 4.78 is 24.7. The number of carbonyl (C=O) groups excluding carboxylic acids is 1. The van der Waals surface area contributed by atoms with Crippen molar-refractivity contribution in [1.82, 2.24) is 0 Å². The Kier molecular flexibility index (Phi) is 10.9. The average Bonchev–Trinajstić information content (AvgIpc) is 2.55. The van der Waals surface area contributed by atoms with Crippen molar-refractivity contribution in [3.05, 3.63) is 71.3 Å². The summed E-state index contributed by atoms with van der Waals surface area (Å²) in [5.41, 5.74) is 1.26. The Morgan fingerprint density at radius 3 is 1.78 bits per heavy atom. The van der Waals surface area contributed by atoms with Crippen LogP contribution in [0.5, 0.6) is 0 Å². The van der Waals surface area contributed by atoms with Crippen molar-refractivity contribution in [1.29, 1.82) is 0 Å². The van der Waals surface area contributed by atoms with E-state index in [0.717, 1.165) is 5.56 Å². The van der Waals surface area contributed by atoms with E-state index in [4.69, 9.17) is 0 Å². The van der Waals surface area contributed by atoms with E-state index in [2.05, 4.69) is 31.9 Å². The molecule has 2 aromatic rings. The molecule has 0 saturated carbocycles. The van der Waals surface area contributed by atoms with Gasteiger partial charge in [0.1, 0.15) is 11.6 Å². The number of hydrogen-bond donors (Lipinski definition) is 1. The van der Waals surface area contributed by atoms with E-state index in [1.807, 2.05) is 0 Å². The van der Waals surface area contributed by atoms with Crippen LogP contribution in [0.25, 0.3) is 0 Å². The summed E-state index contributed by atoms with van der Waals surface area (Å²) in [5.74, 6) is -0.642. The van der Waals surface area contributed by atoms with E-state index in [1.165, 1.54) is 36.4 Å². The smallest absolute Gasteiger partial charge is 0.173 e. The summed E-state index contributed by atoms with van der Waals surface area (Å²) in [5, 5.41) is 10.00. The Morgan fingerprint density at radius 1 is 0.957 bits per heavy atom. The number of ketones is 1. The summed E-state index contributed by atoms with van der Waals surface area (Å²) in [7, 11) is 0. The first kappa shape index (κ1) is 21.9. The number of rotatable bonds is 4. The third-order valence-corrected chi connectivity index (χ3v) is 3.81. The summed E-state index contributed by atoms with van der Waals surface area (Å²) in [6.45, 7) is 0. The van der Waals surface area contributed by atoms with Crippen molar-refractivity contribution in [2.24, 2.45) is 0 Å². The average molecular weight is 452 g/mol. The van der Waals surface area contributed by atoms with Gasteiger partial charge in [-0.15, -0.1) is 0 Å². The van der Waals surface area contributed by atoms with E-state index in [1.54, 1.807) is 12.1 Å². The molecule has 2 aromatic carbocycles. The molecule has 2 rings (SSSR count). The highest BCUT2D eigenvalue weighted by atomic mass is 79.9. The molecule has 0 radical (unpaired) electrons. The van der Waals surface area contributed by atoms with Crippen LogP contribution in [0.15, 0.2) is 48.5 Å². The lowest BCUT2D eigenvalue weighted by Crippen LogP contribution is -1.98. The first-order valence-electron chi connectivity index (χ1n) is 6.32. The van der Waals surface area contributed by atoms with E-state index < -0.39 is 6.10 Å². The first-order chi connectivity index (χ1) is 10.5. The fourth-order valence-electron chi connectivity index (χ4n) is 1.49. The van der Waals surface area contributed by atoms with Gasteiger partial charge in [-0.2, -0.15) is 0 Å². The Bertz CT molecular complexity index is 587. The molecule has 6 heteroatoms. The number of hydrogen-bond acceptors (Lipinski definition) is 2. The molecule has 1 N–H and O–H groups in total. The molecule has 0 spiro atoms. The molecule has 0 bridgehead atoms. The Morgan fingerprint density at radius 2 is 1.39 bits per heavy atom. The Hall–Kier alpha value is -1.11. The molecular weight excluding hydrogens is 434 g/mol. The molecule has 0 aromatic heterocycles. The lowest BCUT2D eigenvalue weighted by atomic mass is 10.1. The van der Waals surface area contributed by atoms with Crippen molar-refractivity contribution >= 4 is 37.6 Å². The molecule has 23 heavy (non-hydrogen) atoms. The van der Waals surface area contributed by atoms with Gasteiger partial charge in [0.25, 0.3) is 0 Å². The van der Waals surface area contributed by atoms with Crippen molar-refractivity contribution in [3.8, 4) is 0 Å². The van der Waals surface area contributed by atoms with Crippen LogP contribution in [0.4, 0.5) is 8.78 Å². The predicted octanol–water partition coefficient (Wildman–Crippen LogP) is 5.29. The standard InChI is InChI=1S/C8H8BrFO.C8H6BrFO.CH4/c2*9-5-8(11)6-1-3-7(10)4-2-6;/h1-4,8,11H,5H2;1-4H,5H2;1H4/t8-;;/m0../s1. The van der Waals surface area contributed by atoms with Crippen LogP contribution in [-0.4, -0.2) is 21.5 Å². The minimum atomic E-state index is -0.546. The predicted molar refractivity (Wildman–Crippen MR) is 96.4 cm³/mol. The van der Waals surface area contributed by atoms with Crippen molar-refractivity contribution in [3.63, 3.8) is 0 Å². The molecule has 0 aliphatic carbocycles. The maximum atomic E-state index is 12.4. The van der Waals surface area contributed by atoms with E-state index in [-0.39, 0.29) is 30.2 Å². The number of halogens is 4. The molecule has 0 heterocycles. The van der Waals surface area contributed by atoms with Gasteiger partial charge in [-0.05, 0) is 42.0 Å². The monoisotopic (exact) mass is 450 g/mol. The number of aliphatic hydroxyl groups excluding tert-OH is 1. The summed E-state index contributed by atoms with van der Waals surface area (Å²) in [6.07, 6.45) is -0.546. The highest BCUT2D eigenvalue weighted by Gasteiger charge is 2.04. The molecule has 126 valence electrons. The third-order valence-electron chi connectivity index (χ3n) is 2.69. The van der Waals surface area contributed by atoms with Crippen LogP contribution >= 0.6 is 31.9 Å². The summed E-state index contributed by atoms with van der Waals surface area (Å²) >= 11 is 6.15. The van der Waals surface area contributed by atoms with Crippen LogP contribution in [0, 0.1) is 11.6 Å². The quantitative estimate of drug-likeness (QED) is 0.506. The topological polar surface area (TPSA) is 37.3 Å². The minimum Gasteiger partial charge on any atom is -0.388 e. The van der Waals surface area contributed by atoms with E-state index in [9.17, 15) is 18.7 Å². The van der Waals surface area contributed by atoms with Gasteiger partial charge in [-0.3, -0.25) is 4.79 Å². The van der Waals surface area contributed by atoms with Crippen LogP contribution in [0.3, 0.4) is 0 Å². The maximum Gasteiger partial charge on any atom is 0.173 e. The Labute approximate surface area is 151 Å². The third kappa shape index (κ3) is 7.81. The summed E-state index contributed by atoms with van der Waals surface area (Å²) in [6, 6.07) is 11.3. The van der Waals surface area contributed by atoms with Gasteiger partial charge in [0.05, 0.1) is 11.4 Å². The molecule has 0 aliphatic rings. The fourth-order valence-corrected chi connectivity index (χ4v) is 2.18.